The summed E-state index contributed by atoms with van der Waals surface area (Å²) in [6, 6.07) is 0. The van der Waals surface area contributed by atoms with Crippen LogP contribution in [0.3, 0.4) is 0 Å². The Balaban J connectivity index is 2.17. The zero-order valence-electron chi connectivity index (χ0n) is 9.49. The maximum atomic E-state index is 11.1. The number of hydrogen-bond donors (Lipinski definition) is 1. The molecule has 1 aliphatic rings. The average Bonchev–Trinajstić information content (AvgIpc) is 2.27. The van der Waals surface area contributed by atoms with E-state index in [-0.39, 0.29) is 18.6 Å². The SMILES string of the molecule is CCOC(=O)CNN1CCOC(CC)C1. The minimum atomic E-state index is -0.211. The summed E-state index contributed by atoms with van der Waals surface area (Å²) in [5.74, 6) is -0.211. The van der Waals surface area contributed by atoms with Gasteiger partial charge in [0.25, 0.3) is 0 Å². The first-order chi connectivity index (χ1) is 7.26. The number of rotatable bonds is 5. The van der Waals surface area contributed by atoms with Crippen LogP contribution in [0.5, 0.6) is 0 Å². The Morgan fingerprint density at radius 2 is 2.40 bits per heavy atom. The normalized spacial score (nSPS) is 22.7. The van der Waals surface area contributed by atoms with Crippen LogP contribution in [-0.4, -0.2) is 49.9 Å². The van der Waals surface area contributed by atoms with Crippen LogP contribution in [0.15, 0.2) is 0 Å². The van der Waals surface area contributed by atoms with Crippen LogP contribution >= 0.6 is 0 Å². The highest BCUT2D eigenvalue weighted by Gasteiger charge is 2.18. The molecule has 88 valence electrons. The molecule has 1 heterocycles. The van der Waals surface area contributed by atoms with E-state index in [2.05, 4.69) is 12.3 Å². The Labute approximate surface area is 90.7 Å². The van der Waals surface area contributed by atoms with E-state index in [1.807, 2.05) is 5.01 Å². The Bertz CT molecular complexity index is 199. The zero-order valence-corrected chi connectivity index (χ0v) is 9.49. The van der Waals surface area contributed by atoms with Gasteiger partial charge in [-0.2, -0.15) is 0 Å². The molecule has 1 unspecified atom stereocenters. The van der Waals surface area contributed by atoms with Crippen molar-refractivity contribution < 1.29 is 14.3 Å². The molecule has 0 spiro atoms. The van der Waals surface area contributed by atoms with Crippen molar-refractivity contribution in [3.05, 3.63) is 0 Å². The van der Waals surface area contributed by atoms with Crippen molar-refractivity contribution in [1.29, 1.82) is 0 Å². The molecule has 5 heteroatoms. The Hall–Kier alpha value is -0.650. The van der Waals surface area contributed by atoms with E-state index in [9.17, 15) is 4.79 Å². The fraction of sp³-hybridized carbons (Fsp3) is 0.900. The van der Waals surface area contributed by atoms with E-state index in [1.54, 1.807) is 6.92 Å². The van der Waals surface area contributed by atoms with E-state index in [0.717, 1.165) is 19.5 Å². The predicted octanol–water partition coefficient (Wildman–Crippen LogP) is 0.165. The van der Waals surface area contributed by atoms with Crippen molar-refractivity contribution in [3.8, 4) is 0 Å². The van der Waals surface area contributed by atoms with Gasteiger partial charge in [0.15, 0.2) is 0 Å². The maximum Gasteiger partial charge on any atom is 0.321 e. The van der Waals surface area contributed by atoms with Gasteiger partial charge in [0.1, 0.15) is 6.54 Å². The number of hydrogen-bond acceptors (Lipinski definition) is 5. The van der Waals surface area contributed by atoms with Crippen LogP contribution in [0.4, 0.5) is 0 Å². The second-order valence-electron chi connectivity index (χ2n) is 3.49. The van der Waals surface area contributed by atoms with Gasteiger partial charge in [0.05, 0.1) is 19.3 Å². The number of nitrogens with one attached hydrogen (secondary N) is 1. The van der Waals surface area contributed by atoms with Crippen molar-refractivity contribution in [3.63, 3.8) is 0 Å². The van der Waals surface area contributed by atoms with Crippen molar-refractivity contribution in [2.45, 2.75) is 26.4 Å². The molecule has 1 saturated heterocycles. The summed E-state index contributed by atoms with van der Waals surface area (Å²) in [6.07, 6.45) is 1.27. The van der Waals surface area contributed by atoms with E-state index in [0.29, 0.717) is 13.2 Å². The molecule has 0 aromatic heterocycles. The molecule has 1 rings (SSSR count). The molecule has 0 bridgehead atoms. The van der Waals surface area contributed by atoms with Gasteiger partial charge in [-0.25, -0.2) is 10.4 Å². The summed E-state index contributed by atoms with van der Waals surface area (Å²) in [5, 5.41) is 2.02. The average molecular weight is 216 g/mol. The minimum Gasteiger partial charge on any atom is -0.465 e. The Morgan fingerprint density at radius 1 is 1.60 bits per heavy atom. The molecule has 0 saturated carbocycles. The van der Waals surface area contributed by atoms with Gasteiger partial charge in [-0.1, -0.05) is 6.92 Å². The first kappa shape index (κ1) is 12.4. The van der Waals surface area contributed by atoms with Crippen LogP contribution in [0.2, 0.25) is 0 Å². The number of ether oxygens (including phenoxy) is 2. The lowest BCUT2D eigenvalue weighted by Gasteiger charge is -2.32. The van der Waals surface area contributed by atoms with Gasteiger partial charge in [0, 0.05) is 13.1 Å². The van der Waals surface area contributed by atoms with Crippen LogP contribution in [-0.2, 0) is 14.3 Å². The molecular formula is C10H20N2O3. The van der Waals surface area contributed by atoms with Crippen LogP contribution in [0, 0.1) is 0 Å². The van der Waals surface area contributed by atoms with Crippen LogP contribution in [0.25, 0.3) is 0 Å². The minimum absolute atomic E-state index is 0.211. The molecule has 0 aromatic carbocycles. The molecule has 1 N–H and O–H groups in total. The third kappa shape index (κ3) is 4.59. The summed E-state index contributed by atoms with van der Waals surface area (Å²) in [6.45, 7) is 6.94. The molecule has 1 fully saturated rings. The molecule has 15 heavy (non-hydrogen) atoms. The van der Waals surface area contributed by atoms with E-state index >= 15 is 0 Å². The predicted molar refractivity (Wildman–Crippen MR) is 56.2 cm³/mol. The highest BCUT2D eigenvalue weighted by molar-refractivity contribution is 5.71. The number of esters is 1. The van der Waals surface area contributed by atoms with E-state index in [4.69, 9.17) is 9.47 Å². The molecule has 0 amide bonds. The lowest BCUT2D eigenvalue weighted by atomic mass is 10.2. The van der Waals surface area contributed by atoms with E-state index < -0.39 is 0 Å². The largest absolute Gasteiger partial charge is 0.465 e. The first-order valence-corrected chi connectivity index (χ1v) is 5.52. The smallest absolute Gasteiger partial charge is 0.321 e. The zero-order chi connectivity index (χ0) is 11.1. The Morgan fingerprint density at radius 3 is 3.07 bits per heavy atom. The summed E-state index contributed by atoms with van der Waals surface area (Å²) >= 11 is 0. The highest BCUT2D eigenvalue weighted by Crippen LogP contribution is 2.05. The number of carbonyl (C=O) groups excluding carboxylic acids is 1. The second-order valence-corrected chi connectivity index (χ2v) is 3.49. The van der Waals surface area contributed by atoms with Crippen LogP contribution in [0.1, 0.15) is 20.3 Å². The van der Waals surface area contributed by atoms with Gasteiger partial charge in [-0.15, -0.1) is 0 Å². The fourth-order valence-corrected chi connectivity index (χ4v) is 1.50. The van der Waals surface area contributed by atoms with Gasteiger partial charge in [-0.05, 0) is 13.3 Å². The summed E-state index contributed by atoms with van der Waals surface area (Å²) in [7, 11) is 0. The lowest BCUT2D eigenvalue weighted by Crippen LogP contribution is -2.50. The number of morpholine rings is 1. The third-order valence-electron chi connectivity index (χ3n) is 2.35. The maximum absolute atomic E-state index is 11.1. The standard InChI is InChI=1S/C10H20N2O3/c1-3-9-8-12(5-6-15-9)11-7-10(13)14-4-2/h9,11H,3-8H2,1-2H3. The number of hydrazine groups is 1. The van der Waals surface area contributed by atoms with Crippen molar-refractivity contribution in [2.75, 3.05) is 32.8 Å². The van der Waals surface area contributed by atoms with Crippen molar-refractivity contribution in [1.82, 2.24) is 10.4 Å². The summed E-state index contributed by atoms with van der Waals surface area (Å²) < 4.78 is 10.3. The Kier molecular flexibility index (Phi) is 5.60. The number of nitrogens with zero attached hydrogens (tertiary/aromatic N) is 1. The number of carbonyl (C=O) groups is 1. The highest BCUT2D eigenvalue weighted by atomic mass is 16.5. The van der Waals surface area contributed by atoms with Crippen LogP contribution < -0.4 is 5.43 Å². The van der Waals surface area contributed by atoms with Crippen molar-refractivity contribution >= 4 is 5.97 Å². The van der Waals surface area contributed by atoms with E-state index in [1.165, 1.54) is 0 Å². The summed E-state index contributed by atoms with van der Waals surface area (Å²) in [4.78, 5) is 11.1. The molecule has 0 aromatic rings. The lowest BCUT2D eigenvalue weighted by molar-refractivity contribution is -0.144. The molecule has 0 radical (unpaired) electrons. The van der Waals surface area contributed by atoms with Gasteiger partial charge in [-0.3, -0.25) is 4.79 Å². The third-order valence-corrected chi connectivity index (χ3v) is 2.35. The topological polar surface area (TPSA) is 50.8 Å². The summed E-state index contributed by atoms with van der Waals surface area (Å²) in [5.41, 5.74) is 3.05. The molecular weight excluding hydrogens is 196 g/mol. The van der Waals surface area contributed by atoms with Gasteiger partial charge >= 0.3 is 5.97 Å². The fourth-order valence-electron chi connectivity index (χ4n) is 1.50. The monoisotopic (exact) mass is 216 g/mol. The molecule has 1 atom stereocenters. The first-order valence-electron chi connectivity index (χ1n) is 5.52. The van der Waals surface area contributed by atoms with Gasteiger partial charge < -0.3 is 9.47 Å². The molecule has 5 nitrogen and oxygen atoms in total. The van der Waals surface area contributed by atoms with Crippen molar-refractivity contribution in [2.24, 2.45) is 0 Å². The quantitative estimate of drug-likeness (QED) is 0.664. The molecule has 0 aliphatic carbocycles. The molecule has 1 aliphatic heterocycles. The second kappa shape index (κ2) is 6.76. The van der Waals surface area contributed by atoms with Gasteiger partial charge in [0.2, 0.25) is 0 Å².